The summed E-state index contributed by atoms with van der Waals surface area (Å²) in [7, 11) is 0. The van der Waals surface area contributed by atoms with Crippen molar-refractivity contribution < 1.29 is 9.90 Å². The molecule has 0 aromatic heterocycles. The minimum atomic E-state index is -0.897. The van der Waals surface area contributed by atoms with Gasteiger partial charge in [0, 0.05) is 11.6 Å². The highest BCUT2D eigenvalue weighted by Crippen LogP contribution is 2.28. The number of rotatable bonds is 4. The molecule has 20 heavy (non-hydrogen) atoms. The molecule has 0 heterocycles. The minimum Gasteiger partial charge on any atom is -0.478 e. The van der Waals surface area contributed by atoms with Gasteiger partial charge in [0.1, 0.15) is 0 Å². The van der Waals surface area contributed by atoms with Gasteiger partial charge in [-0.1, -0.05) is 32.0 Å². The first-order valence-corrected chi connectivity index (χ1v) is 6.74. The van der Waals surface area contributed by atoms with Crippen LogP contribution in [0, 0.1) is 0 Å². The Morgan fingerprint density at radius 3 is 2.40 bits per heavy atom. The fourth-order valence-electron chi connectivity index (χ4n) is 2.45. The van der Waals surface area contributed by atoms with Crippen LogP contribution in [0.2, 0.25) is 0 Å². The van der Waals surface area contributed by atoms with Gasteiger partial charge in [-0.15, -0.1) is 0 Å². The van der Waals surface area contributed by atoms with Crippen LogP contribution in [-0.2, 0) is 6.42 Å². The second-order valence-electron chi connectivity index (χ2n) is 4.96. The quantitative estimate of drug-likeness (QED) is 0.832. The summed E-state index contributed by atoms with van der Waals surface area (Å²) < 4.78 is 0. The van der Waals surface area contributed by atoms with Gasteiger partial charge in [-0.2, -0.15) is 0 Å². The Kier molecular flexibility index (Phi) is 4.08. The molecule has 3 N–H and O–H groups in total. The molecule has 3 heteroatoms. The van der Waals surface area contributed by atoms with Crippen molar-refractivity contribution in [2.75, 3.05) is 5.73 Å². The summed E-state index contributed by atoms with van der Waals surface area (Å²) in [6.07, 6.45) is 0.928. The lowest BCUT2D eigenvalue weighted by atomic mass is 9.88. The lowest BCUT2D eigenvalue weighted by Gasteiger charge is -2.17. The van der Waals surface area contributed by atoms with Gasteiger partial charge in [0.05, 0.1) is 5.56 Å². The maximum Gasteiger partial charge on any atom is 0.335 e. The van der Waals surface area contributed by atoms with Gasteiger partial charge >= 0.3 is 5.97 Å². The monoisotopic (exact) mass is 269 g/mol. The first-order valence-electron chi connectivity index (χ1n) is 6.74. The zero-order chi connectivity index (χ0) is 14.7. The fourth-order valence-corrected chi connectivity index (χ4v) is 2.45. The molecule has 0 aliphatic heterocycles. The third-order valence-electron chi connectivity index (χ3n) is 3.67. The van der Waals surface area contributed by atoms with Gasteiger partial charge in [0.15, 0.2) is 0 Å². The maximum atomic E-state index is 10.9. The van der Waals surface area contributed by atoms with E-state index in [1.165, 1.54) is 11.1 Å². The van der Waals surface area contributed by atoms with E-state index in [1.807, 2.05) is 24.3 Å². The molecule has 0 aliphatic carbocycles. The summed E-state index contributed by atoms with van der Waals surface area (Å²) in [5, 5.41) is 8.93. The van der Waals surface area contributed by atoms with E-state index in [-0.39, 0.29) is 5.92 Å². The van der Waals surface area contributed by atoms with Crippen LogP contribution >= 0.6 is 0 Å². The second kappa shape index (κ2) is 5.78. The minimum absolute atomic E-state index is 0.216. The summed E-state index contributed by atoms with van der Waals surface area (Å²) in [4.78, 5) is 10.9. The van der Waals surface area contributed by atoms with Crippen LogP contribution in [0.4, 0.5) is 5.69 Å². The molecular weight excluding hydrogens is 250 g/mol. The van der Waals surface area contributed by atoms with Crippen molar-refractivity contribution in [1.29, 1.82) is 0 Å². The summed E-state index contributed by atoms with van der Waals surface area (Å²) in [5.74, 6) is -0.681. The Labute approximate surface area is 119 Å². The van der Waals surface area contributed by atoms with Crippen molar-refractivity contribution >= 4 is 11.7 Å². The summed E-state index contributed by atoms with van der Waals surface area (Å²) in [6, 6.07) is 13.0. The van der Waals surface area contributed by atoms with Gasteiger partial charge in [-0.05, 0) is 47.4 Å². The van der Waals surface area contributed by atoms with E-state index < -0.39 is 5.97 Å². The third kappa shape index (κ3) is 2.82. The number of carboxylic acid groups (broad SMARTS) is 1. The lowest BCUT2D eigenvalue weighted by molar-refractivity contribution is 0.0697. The number of hydrogen-bond donors (Lipinski definition) is 2. The van der Waals surface area contributed by atoms with E-state index in [2.05, 4.69) is 19.9 Å². The van der Waals surface area contributed by atoms with Crippen molar-refractivity contribution in [3.63, 3.8) is 0 Å². The molecule has 3 nitrogen and oxygen atoms in total. The summed E-state index contributed by atoms with van der Waals surface area (Å²) in [6.45, 7) is 4.24. The molecule has 0 saturated carbocycles. The number of benzene rings is 2. The first-order chi connectivity index (χ1) is 9.52. The van der Waals surface area contributed by atoms with E-state index in [0.717, 1.165) is 17.7 Å². The number of anilines is 1. The number of carbonyl (C=O) groups is 1. The van der Waals surface area contributed by atoms with E-state index >= 15 is 0 Å². The number of aromatic carboxylic acids is 1. The first kappa shape index (κ1) is 14.1. The Morgan fingerprint density at radius 2 is 1.85 bits per heavy atom. The van der Waals surface area contributed by atoms with Crippen LogP contribution < -0.4 is 5.73 Å². The van der Waals surface area contributed by atoms with Crippen molar-refractivity contribution in [2.45, 2.75) is 26.2 Å². The van der Waals surface area contributed by atoms with Gasteiger partial charge in [0.2, 0.25) is 0 Å². The zero-order valence-corrected chi connectivity index (χ0v) is 11.8. The summed E-state index contributed by atoms with van der Waals surface area (Å²) in [5.41, 5.74) is 10.5. The highest BCUT2D eigenvalue weighted by molar-refractivity contribution is 5.87. The maximum absolute atomic E-state index is 10.9. The molecule has 0 radical (unpaired) electrons. The fraction of sp³-hybridized carbons (Fsp3) is 0.235. The van der Waals surface area contributed by atoms with Crippen LogP contribution in [-0.4, -0.2) is 11.1 Å². The highest BCUT2D eigenvalue weighted by Gasteiger charge is 2.13. The molecular formula is C17H19NO2. The predicted molar refractivity (Wildman–Crippen MR) is 81.2 cm³/mol. The SMILES string of the molecule is CCc1cc(N)ccc1C(C)c1ccc(C(=O)O)cc1. The van der Waals surface area contributed by atoms with Crippen LogP contribution in [0.15, 0.2) is 42.5 Å². The Morgan fingerprint density at radius 1 is 1.20 bits per heavy atom. The molecule has 0 fully saturated rings. The largest absolute Gasteiger partial charge is 0.478 e. The number of carboxylic acids is 1. The molecule has 0 bridgehead atoms. The third-order valence-corrected chi connectivity index (χ3v) is 3.67. The highest BCUT2D eigenvalue weighted by atomic mass is 16.4. The van der Waals surface area contributed by atoms with Crippen molar-refractivity contribution in [1.82, 2.24) is 0 Å². The average Bonchev–Trinajstić information content (AvgIpc) is 2.46. The standard InChI is InChI=1S/C17H19NO2/c1-3-12-10-15(18)8-9-16(12)11(2)13-4-6-14(7-5-13)17(19)20/h4-11H,3,18H2,1-2H3,(H,19,20). The molecule has 2 aromatic rings. The molecule has 0 aliphatic rings. The van der Waals surface area contributed by atoms with Crippen molar-refractivity contribution in [3.05, 3.63) is 64.7 Å². The van der Waals surface area contributed by atoms with Crippen molar-refractivity contribution in [2.24, 2.45) is 0 Å². The van der Waals surface area contributed by atoms with Crippen LogP contribution in [0.3, 0.4) is 0 Å². The van der Waals surface area contributed by atoms with E-state index in [1.54, 1.807) is 12.1 Å². The molecule has 2 rings (SSSR count). The molecule has 0 spiro atoms. The zero-order valence-electron chi connectivity index (χ0n) is 11.8. The van der Waals surface area contributed by atoms with E-state index in [9.17, 15) is 4.79 Å². The smallest absolute Gasteiger partial charge is 0.335 e. The Bertz CT molecular complexity index is 617. The molecule has 0 saturated heterocycles. The second-order valence-corrected chi connectivity index (χ2v) is 4.96. The molecule has 1 atom stereocenters. The van der Waals surface area contributed by atoms with E-state index in [4.69, 9.17) is 10.8 Å². The number of aryl methyl sites for hydroxylation is 1. The van der Waals surface area contributed by atoms with Gasteiger partial charge in [-0.25, -0.2) is 4.79 Å². The Hall–Kier alpha value is -2.29. The molecule has 0 amide bonds. The molecule has 1 unspecified atom stereocenters. The van der Waals surface area contributed by atoms with Crippen LogP contribution in [0.1, 0.15) is 46.8 Å². The number of nitrogen functional groups attached to an aromatic ring is 1. The lowest BCUT2D eigenvalue weighted by Crippen LogP contribution is -2.03. The number of nitrogens with two attached hydrogens (primary N) is 1. The van der Waals surface area contributed by atoms with Crippen LogP contribution in [0.25, 0.3) is 0 Å². The van der Waals surface area contributed by atoms with Crippen molar-refractivity contribution in [3.8, 4) is 0 Å². The normalized spacial score (nSPS) is 12.1. The van der Waals surface area contributed by atoms with E-state index in [0.29, 0.717) is 5.56 Å². The predicted octanol–water partition coefficient (Wildman–Crippen LogP) is 3.68. The topological polar surface area (TPSA) is 63.3 Å². The van der Waals surface area contributed by atoms with Gasteiger partial charge in [-0.3, -0.25) is 0 Å². The average molecular weight is 269 g/mol. The van der Waals surface area contributed by atoms with Gasteiger partial charge < -0.3 is 10.8 Å². The Balaban J connectivity index is 2.35. The molecule has 104 valence electrons. The molecule has 2 aromatic carbocycles. The summed E-state index contributed by atoms with van der Waals surface area (Å²) >= 11 is 0. The number of hydrogen-bond acceptors (Lipinski definition) is 2. The van der Waals surface area contributed by atoms with Crippen LogP contribution in [0.5, 0.6) is 0 Å². The van der Waals surface area contributed by atoms with Gasteiger partial charge in [0.25, 0.3) is 0 Å².